The largest absolute Gasteiger partial charge is 0.340 e. The quantitative estimate of drug-likeness (QED) is 0.702. The second-order valence-electron chi connectivity index (χ2n) is 4.91. The lowest BCUT2D eigenvalue weighted by molar-refractivity contribution is 0.0960. The molecule has 1 unspecified atom stereocenters. The molecule has 4 nitrogen and oxygen atoms in total. The van der Waals surface area contributed by atoms with Crippen molar-refractivity contribution >= 4 is 28.5 Å². The van der Waals surface area contributed by atoms with Crippen LogP contribution in [-0.4, -0.2) is 15.9 Å². The van der Waals surface area contributed by atoms with E-state index in [1.165, 1.54) is 0 Å². The molecule has 1 aliphatic heterocycles. The Morgan fingerprint density at radius 3 is 2.71 bits per heavy atom. The second-order valence-corrected chi connectivity index (χ2v) is 5.30. The van der Waals surface area contributed by atoms with Crippen molar-refractivity contribution in [1.29, 1.82) is 0 Å². The van der Waals surface area contributed by atoms with Gasteiger partial charge in [0, 0.05) is 10.9 Å². The fourth-order valence-corrected chi connectivity index (χ4v) is 2.77. The Morgan fingerprint density at radius 1 is 1.00 bits per heavy atom. The van der Waals surface area contributed by atoms with E-state index in [2.05, 4.69) is 15.3 Å². The number of nitrogens with zero attached hydrogens (tertiary/aromatic N) is 2. The summed E-state index contributed by atoms with van der Waals surface area (Å²) in [7, 11) is 0. The van der Waals surface area contributed by atoms with Crippen molar-refractivity contribution in [3.05, 3.63) is 70.5 Å². The number of halogens is 1. The first-order valence-electron chi connectivity index (χ1n) is 6.55. The molecule has 0 bridgehead atoms. The van der Waals surface area contributed by atoms with Crippen LogP contribution in [0.2, 0.25) is 5.15 Å². The van der Waals surface area contributed by atoms with Crippen LogP contribution in [0.3, 0.4) is 0 Å². The van der Waals surface area contributed by atoms with Crippen molar-refractivity contribution in [2.75, 3.05) is 0 Å². The summed E-state index contributed by atoms with van der Waals surface area (Å²) in [5.74, 6) is -0.0726. The Balaban J connectivity index is 1.86. The van der Waals surface area contributed by atoms with Gasteiger partial charge in [0.1, 0.15) is 5.15 Å². The first-order chi connectivity index (χ1) is 10.2. The SMILES string of the molecule is O=C1NC(c2ccc3ccc(Cl)nc3n2)c2ccccc21. The Morgan fingerprint density at radius 2 is 1.81 bits per heavy atom. The van der Waals surface area contributed by atoms with Crippen LogP contribution in [0.5, 0.6) is 0 Å². The summed E-state index contributed by atoms with van der Waals surface area (Å²) in [6, 6.07) is 14.8. The molecule has 5 heteroatoms. The number of nitrogens with one attached hydrogen (secondary N) is 1. The van der Waals surface area contributed by atoms with E-state index in [0.717, 1.165) is 16.6 Å². The van der Waals surface area contributed by atoms with Gasteiger partial charge in [-0.2, -0.15) is 0 Å². The molecule has 0 fully saturated rings. The van der Waals surface area contributed by atoms with Crippen LogP contribution < -0.4 is 5.32 Å². The summed E-state index contributed by atoms with van der Waals surface area (Å²) in [6.45, 7) is 0. The van der Waals surface area contributed by atoms with Crippen LogP contribution in [0.25, 0.3) is 11.0 Å². The third-order valence-corrected chi connectivity index (χ3v) is 3.84. The maximum Gasteiger partial charge on any atom is 0.252 e. The van der Waals surface area contributed by atoms with Gasteiger partial charge in [0.2, 0.25) is 0 Å². The van der Waals surface area contributed by atoms with Crippen LogP contribution in [0, 0.1) is 0 Å². The Bertz CT molecular complexity index is 878. The fraction of sp³-hybridized carbons (Fsp3) is 0.0625. The zero-order chi connectivity index (χ0) is 14.4. The summed E-state index contributed by atoms with van der Waals surface area (Å²) in [4.78, 5) is 20.8. The van der Waals surface area contributed by atoms with Gasteiger partial charge in [-0.05, 0) is 35.9 Å². The van der Waals surface area contributed by atoms with E-state index in [1.807, 2.05) is 42.5 Å². The average molecular weight is 296 g/mol. The number of hydrogen-bond donors (Lipinski definition) is 1. The first-order valence-corrected chi connectivity index (χ1v) is 6.93. The lowest BCUT2D eigenvalue weighted by atomic mass is 10.0. The molecule has 2 aromatic heterocycles. The molecule has 1 N–H and O–H groups in total. The number of carbonyl (C=O) groups excluding carboxylic acids is 1. The van der Waals surface area contributed by atoms with Crippen molar-refractivity contribution in [1.82, 2.24) is 15.3 Å². The number of pyridine rings is 2. The van der Waals surface area contributed by atoms with Gasteiger partial charge in [0.15, 0.2) is 5.65 Å². The van der Waals surface area contributed by atoms with Gasteiger partial charge < -0.3 is 5.32 Å². The maximum atomic E-state index is 12.0. The lowest BCUT2D eigenvalue weighted by Gasteiger charge is -2.11. The van der Waals surface area contributed by atoms with Crippen LogP contribution in [0.15, 0.2) is 48.5 Å². The summed E-state index contributed by atoms with van der Waals surface area (Å²) in [6.07, 6.45) is 0. The zero-order valence-electron chi connectivity index (χ0n) is 10.9. The average Bonchev–Trinajstić information content (AvgIpc) is 2.84. The molecular formula is C16H10ClN3O. The highest BCUT2D eigenvalue weighted by molar-refractivity contribution is 6.29. The van der Waals surface area contributed by atoms with Crippen molar-refractivity contribution < 1.29 is 4.79 Å². The highest BCUT2D eigenvalue weighted by atomic mass is 35.5. The minimum absolute atomic E-state index is 0.0726. The Hall–Kier alpha value is -2.46. The molecule has 0 spiro atoms. The second kappa shape index (κ2) is 4.53. The number of hydrogen-bond acceptors (Lipinski definition) is 3. The van der Waals surface area contributed by atoms with Crippen molar-refractivity contribution in [3.63, 3.8) is 0 Å². The number of fused-ring (bicyclic) bond motifs is 2. The van der Waals surface area contributed by atoms with Gasteiger partial charge in [-0.1, -0.05) is 29.8 Å². The van der Waals surface area contributed by atoms with Gasteiger partial charge >= 0.3 is 0 Å². The number of benzene rings is 1. The number of rotatable bonds is 1. The molecule has 0 aliphatic carbocycles. The normalized spacial score (nSPS) is 16.8. The standard InChI is InChI=1S/C16H10ClN3O/c17-13-8-6-9-5-7-12(18-15(9)19-13)14-10-3-1-2-4-11(10)16(21)20-14/h1-8,14H,(H,20,21). The van der Waals surface area contributed by atoms with Crippen LogP contribution >= 0.6 is 11.6 Å². The van der Waals surface area contributed by atoms with Gasteiger partial charge in [-0.25, -0.2) is 9.97 Å². The summed E-state index contributed by atoms with van der Waals surface area (Å²) in [5, 5.41) is 4.28. The van der Waals surface area contributed by atoms with Crippen LogP contribution in [-0.2, 0) is 0 Å². The van der Waals surface area contributed by atoms with E-state index < -0.39 is 0 Å². The van der Waals surface area contributed by atoms with Crippen molar-refractivity contribution in [2.24, 2.45) is 0 Å². The molecule has 102 valence electrons. The minimum Gasteiger partial charge on any atom is -0.340 e. The van der Waals surface area contributed by atoms with Crippen LogP contribution in [0.4, 0.5) is 0 Å². The molecular weight excluding hydrogens is 286 g/mol. The summed E-state index contributed by atoms with van der Waals surface area (Å²) < 4.78 is 0. The third kappa shape index (κ3) is 1.96. The summed E-state index contributed by atoms with van der Waals surface area (Å²) in [5.41, 5.74) is 2.98. The maximum absolute atomic E-state index is 12.0. The lowest BCUT2D eigenvalue weighted by Crippen LogP contribution is -2.20. The molecule has 1 aliphatic rings. The van der Waals surface area contributed by atoms with E-state index in [1.54, 1.807) is 6.07 Å². The van der Waals surface area contributed by atoms with Gasteiger partial charge in [-0.3, -0.25) is 4.79 Å². The predicted molar refractivity (Wildman–Crippen MR) is 80.3 cm³/mol. The van der Waals surface area contributed by atoms with E-state index in [4.69, 9.17) is 11.6 Å². The topological polar surface area (TPSA) is 54.9 Å². The van der Waals surface area contributed by atoms with Crippen molar-refractivity contribution in [3.8, 4) is 0 Å². The fourth-order valence-electron chi connectivity index (χ4n) is 2.63. The molecule has 0 saturated carbocycles. The molecule has 1 amide bonds. The molecule has 1 aromatic carbocycles. The molecule has 3 heterocycles. The van der Waals surface area contributed by atoms with Crippen molar-refractivity contribution in [2.45, 2.75) is 6.04 Å². The molecule has 4 rings (SSSR count). The van der Waals surface area contributed by atoms with E-state index in [0.29, 0.717) is 16.4 Å². The highest BCUT2D eigenvalue weighted by Crippen LogP contribution is 2.30. The molecule has 0 radical (unpaired) electrons. The van der Waals surface area contributed by atoms with Gasteiger partial charge in [0.05, 0.1) is 11.7 Å². The molecule has 21 heavy (non-hydrogen) atoms. The minimum atomic E-state index is -0.237. The molecule has 3 aromatic rings. The van der Waals surface area contributed by atoms with E-state index in [-0.39, 0.29) is 11.9 Å². The predicted octanol–water partition coefficient (Wildman–Crippen LogP) is 3.12. The first kappa shape index (κ1) is 12.3. The highest BCUT2D eigenvalue weighted by Gasteiger charge is 2.30. The molecule has 0 saturated heterocycles. The van der Waals surface area contributed by atoms with E-state index in [9.17, 15) is 4.79 Å². The Kier molecular flexibility index (Phi) is 2.65. The number of carbonyl (C=O) groups is 1. The van der Waals surface area contributed by atoms with Crippen LogP contribution in [0.1, 0.15) is 27.7 Å². The number of aromatic nitrogens is 2. The smallest absolute Gasteiger partial charge is 0.252 e. The number of amides is 1. The zero-order valence-corrected chi connectivity index (χ0v) is 11.6. The molecule has 1 atom stereocenters. The van der Waals surface area contributed by atoms with Gasteiger partial charge in [0.25, 0.3) is 5.91 Å². The Labute approximate surface area is 125 Å². The van der Waals surface area contributed by atoms with Gasteiger partial charge in [-0.15, -0.1) is 0 Å². The third-order valence-electron chi connectivity index (χ3n) is 3.63. The summed E-state index contributed by atoms with van der Waals surface area (Å²) >= 11 is 5.91. The van der Waals surface area contributed by atoms with E-state index >= 15 is 0 Å². The monoisotopic (exact) mass is 295 g/mol.